The van der Waals surface area contributed by atoms with Crippen molar-refractivity contribution in [2.24, 2.45) is 5.92 Å². The predicted molar refractivity (Wildman–Crippen MR) is 136 cm³/mol. The van der Waals surface area contributed by atoms with Crippen molar-refractivity contribution in [1.82, 2.24) is 15.3 Å². The lowest BCUT2D eigenvalue weighted by atomic mass is 9.86. The van der Waals surface area contributed by atoms with Gasteiger partial charge >= 0.3 is 6.18 Å². The van der Waals surface area contributed by atoms with Gasteiger partial charge in [0.1, 0.15) is 11.4 Å². The number of furan rings is 1. The van der Waals surface area contributed by atoms with Gasteiger partial charge in [-0.05, 0) is 74.1 Å². The predicted octanol–water partition coefficient (Wildman–Crippen LogP) is 7.09. The molecule has 0 bridgehead atoms. The summed E-state index contributed by atoms with van der Waals surface area (Å²) < 4.78 is 51.2. The summed E-state index contributed by atoms with van der Waals surface area (Å²) in [5, 5.41) is 7.13. The van der Waals surface area contributed by atoms with Gasteiger partial charge in [-0.1, -0.05) is 11.6 Å². The molecule has 1 amide bonds. The van der Waals surface area contributed by atoms with Crippen LogP contribution >= 0.6 is 11.6 Å². The second-order valence-corrected chi connectivity index (χ2v) is 9.63. The van der Waals surface area contributed by atoms with Gasteiger partial charge in [0, 0.05) is 40.9 Å². The third-order valence-electron chi connectivity index (χ3n) is 6.48. The van der Waals surface area contributed by atoms with Gasteiger partial charge in [-0.25, -0.2) is 4.98 Å². The van der Waals surface area contributed by atoms with Crippen molar-refractivity contribution in [3.63, 3.8) is 0 Å². The number of ether oxygens (including phenoxy) is 1. The van der Waals surface area contributed by atoms with E-state index in [1.807, 2.05) is 0 Å². The number of fused-ring (bicyclic) bond motifs is 1. The number of halogens is 4. The van der Waals surface area contributed by atoms with Crippen LogP contribution in [0.1, 0.15) is 41.9 Å². The van der Waals surface area contributed by atoms with Crippen LogP contribution in [-0.2, 0) is 6.18 Å². The third kappa shape index (κ3) is 6.19. The molecule has 11 heteroatoms. The smallest absolute Gasteiger partial charge is 0.424 e. The van der Waals surface area contributed by atoms with Gasteiger partial charge in [0.05, 0.1) is 11.7 Å². The number of nitrogens with one attached hydrogen (secondary N) is 2. The number of hydrogen-bond donors (Lipinski definition) is 2. The van der Waals surface area contributed by atoms with Gasteiger partial charge in [0.15, 0.2) is 5.76 Å². The number of carbonyl (C=O) groups is 1. The van der Waals surface area contributed by atoms with Crippen LogP contribution in [-0.4, -0.2) is 28.5 Å². The molecule has 0 unspecified atom stereocenters. The summed E-state index contributed by atoms with van der Waals surface area (Å²) in [6, 6.07) is 12.2. The van der Waals surface area contributed by atoms with Crippen molar-refractivity contribution in [2.45, 2.75) is 37.9 Å². The molecule has 1 aromatic carbocycles. The van der Waals surface area contributed by atoms with Gasteiger partial charge in [-0.2, -0.15) is 13.2 Å². The zero-order chi connectivity index (χ0) is 26.7. The molecule has 0 aliphatic heterocycles. The quantitative estimate of drug-likeness (QED) is 0.258. The lowest BCUT2D eigenvalue weighted by Crippen LogP contribution is -2.38. The molecule has 1 aliphatic carbocycles. The van der Waals surface area contributed by atoms with Crippen molar-refractivity contribution in [2.75, 3.05) is 11.9 Å². The van der Waals surface area contributed by atoms with Crippen molar-refractivity contribution in [3.05, 3.63) is 77.4 Å². The zero-order valence-corrected chi connectivity index (χ0v) is 20.9. The van der Waals surface area contributed by atoms with E-state index in [0.29, 0.717) is 28.4 Å². The average Bonchev–Trinajstić information content (AvgIpc) is 3.37. The van der Waals surface area contributed by atoms with E-state index in [2.05, 4.69) is 20.6 Å². The fourth-order valence-electron chi connectivity index (χ4n) is 4.53. The van der Waals surface area contributed by atoms with Crippen LogP contribution in [0.15, 0.2) is 65.3 Å². The monoisotopic (exact) mass is 544 g/mol. The van der Waals surface area contributed by atoms with Gasteiger partial charge in [-0.3, -0.25) is 9.78 Å². The molecule has 3 heterocycles. The Morgan fingerprint density at radius 3 is 2.66 bits per heavy atom. The van der Waals surface area contributed by atoms with Gasteiger partial charge in [0.25, 0.3) is 11.9 Å². The van der Waals surface area contributed by atoms with E-state index in [-0.39, 0.29) is 35.1 Å². The first-order valence-electron chi connectivity index (χ1n) is 12.1. The van der Waals surface area contributed by atoms with E-state index in [0.717, 1.165) is 31.7 Å². The standard InChI is InChI=1S/C27H24ClF3N4O3/c28-17-5-8-21-20(12-17)22(13-24(35-21)27(29,30)31)33-14-16-3-6-18(7-4-16)34-26(36)23-9-10-25(38-23)37-19-2-1-11-32-15-19/h1-2,5,8-13,15-16,18H,3-4,6-7,14H2,(H,33,35)(H,34,36)/t16-,18+. The van der Waals surface area contributed by atoms with Crippen LogP contribution in [0.25, 0.3) is 10.9 Å². The molecule has 1 aliphatic rings. The molecule has 2 N–H and O–H groups in total. The minimum atomic E-state index is -4.56. The summed E-state index contributed by atoms with van der Waals surface area (Å²) in [6.07, 6.45) is 1.71. The number of benzene rings is 1. The Morgan fingerprint density at radius 1 is 1.11 bits per heavy atom. The Balaban J connectivity index is 1.15. The highest BCUT2D eigenvalue weighted by Gasteiger charge is 2.33. The fraction of sp³-hybridized carbons (Fsp3) is 0.296. The second kappa shape index (κ2) is 10.9. The summed E-state index contributed by atoms with van der Waals surface area (Å²) in [4.78, 5) is 20.4. The van der Waals surface area contributed by atoms with E-state index in [9.17, 15) is 18.0 Å². The highest BCUT2D eigenvalue weighted by Crippen LogP contribution is 2.35. The maximum Gasteiger partial charge on any atom is 0.433 e. The molecule has 0 radical (unpaired) electrons. The largest absolute Gasteiger partial charge is 0.433 e. The van der Waals surface area contributed by atoms with Crippen molar-refractivity contribution in [1.29, 1.82) is 0 Å². The number of anilines is 1. The summed E-state index contributed by atoms with van der Waals surface area (Å²) in [7, 11) is 0. The Bertz CT molecular complexity index is 1420. The molecule has 5 rings (SSSR count). The minimum absolute atomic E-state index is 0.0241. The fourth-order valence-corrected chi connectivity index (χ4v) is 4.70. The molecular formula is C27H24ClF3N4O3. The maximum absolute atomic E-state index is 13.4. The molecule has 1 saturated carbocycles. The van der Waals surface area contributed by atoms with Crippen LogP contribution in [0.3, 0.4) is 0 Å². The lowest BCUT2D eigenvalue weighted by Gasteiger charge is -2.29. The molecule has 7 nitrogen and oxygen atoms in total. The number of alkyl halides is 3. The topological polar surface area (TPSA) is 89.3 Å². The Kier molecular flexibility index (Phi) is 7.42. The van der Waals surface area contributed by atoms with Crippen LogP contribution in [0.5, 0.6) is 11.7 Å². The van der Waals surface area contributed by atoms with E-state index in [1.54, 1.807) is 36.5 Å². The van der Waals surface area contributed by atoms with Crippen molar-refractivity contribution < 1.29 is 27.1 Å². The van der Waals surface area contributed by atoms with Crippen LogP contribution in [0.4, 0.5) is 18.9 Å². The van der Waals surface area contributed by atoms with Crippen molar-refractivity contribution >= 4 is 34.1 Å². The van der Waals surface area contributed by atoms with Gasteiger partial charge in [-0.15, -0.1) is 0 Å². The summed E-state index contributed by atoms with van der Waals surface area (Å²) in [5.74, 6) is 0.751. The Hall–Kier alpha value is -3.79. The number of hydrogen-bond acceptors (Lipinski definition) is 6. The van der Waals surface area contributed by atoms with Crippen LogP contribution in [0, 0.1) is 5.92 Å². The molecule has 38 heavy (non-hydrogen) atoms. The second-order valence-electron chi connectivity index (χ2n) is 9.20. The summed E-state index contributed by atoms with van der Waals surface area (Å²) >= 11 is 6.08. The number of carbonyl (C=O) groups excluding carboxylic acids is 1. The molecule has 4 aromatic rings. The lowest BCUT2D eigenvalue weighted by molar-refractivity contribution is -0.140. The van der Waals surface area contributed by atoms with E-state index in [4.69, 9.17) is 20.8 Å². The van der Waals surface area contributed by atoms with E-state index >= 15 is 0 Å². The Labute approximate surface area is 221 Å². The van der Waals surface area contributed by atoms with Gasteiger partial charge in [0.2, 0.25) is 0 Å². The number of rotatable bonds is 7. The normalized spacial score (nSPS) is 17.8. The summed E-state index contributed by atoms with van der Waals surface area (Å²) in [6.45, 7) is 0.497. The maximum atomic E-state index is 13.4. The summed E-state index contributed by atoms with van der Waals surface area (Å²) in [5.41, 5.74) is -0.374. The first-order valence-corrected chi connectivity index (χ1v) is 12.5. The first-order chi connectivity index (χ1) is 18.2. The molecule has 0 atom stereocenters. The van der Waals surface area contributed by atoms with Gasteiger partial charge < -0.3 is 19.8 Å². The van der Waals surface area contributed by atoms with Crippen LogP contribution in [0.2, 0.25) is 5.02 Å². The molecule has 3 aromatic heterocycles. The molecular weight excluding hydrogens is 521 g/mol. The zero-order valence-electron chi connectivity index (χ0n) is 20.1. The molecule has 198 valence electrons. The first kappa shape index (κ1) is 25.8. The molecule has 1 fully saturated rings. The number of pyridine rings is 2. The average molecular weight is 545 g/mol. The number of nitrogens with zero attached hydrogens (tertiary/aromatic N) is 2. The minimum Gasteiger partial charge on any atom is -0.424 e. The molecule has 0 saturated heterocycles. The SMILES string of the molecule is O=C(N[C@H]1CC[C@@H](CNc2cc(C(F)(F)F)nc3ccc(Cl)cc23)CC1)c1ccc(Oc2cccnc2)o1. The Morgan fingerprint density at radius 2 is 1.92 bits per heavy atom. The van der Waals surface area contributed by atoms with E-state index in [1.165, 1.54) is 18.3 Å². The van der Waals surface area contributed by atoms with Crippen molar-refractivity contribution in [3.8, 4) is 11.7 Å². The van der Waals surface area contributed by atoms with Crippen LogP contribution < -0.4 is 15.4 Å². The highest BCUT2D eigenvalue weighted by molar-refractivity contribution is 6.31. The molecule has 0 spiro atoms. The van der Waals surface area contributed by atoms with E-state index < -0.39 is 11.9 Å². The highest BCUT2D eigenvalue weighted by atomic mass is 35.5. The number of aromatic nitrogens is 2. The number of amides is 1. The third-order valence-corrected chi connectivity index (χ3v) is 6.72.